The lowest BCUT2D eigenvalue weighted by Crippen LogP contribution is -2.50. The minimum atomic E-state index is -0.161. The number of aliphatic hydroxyl groups is 1. The molecule has 130 valence electrons. The van der Waals surface area contributed by atoms with Crippen LogP contribution in [0, 0.1) is 5.41 Å². The van der Waals surface area contributed by atoms with Crippen LogP contribution in [0.25, 0.3) is 0 Å². The summed E-state index contributed by atoms with van der Waals surface area (Å²) in [4.78, 5) is 18.7. The zero-order valence-corrected chi connectivity index (χ0v) is 15.5. The molecule has 5 nitrogen and oxygen atoms in total. The van der Waals surface area contributed by atoms with Crippen molar-refractivity contribution in [2.75, 3.05) is 26.2 Å². The zero-order valence-electron chi connectivity index (χ0n) is 14.7. The standard InChI is InChI=1S/C17H29N3O2S/c1-16(2,3)14-19-13(10-23-14)6-8-18-15(22)20-9-5-7-17(4,11-20)12-21/h10,21H,5-9,11-12H2,1-4H3,(H,18,22). The molecular weight excluding hydrogens is 310 g/mol. The first-order chi connectivity index (χ1) is 10.7. The number of nitrogens with one attached hydrogen (secondary N) is 1. The van der Waals surface area contributed by atoms with E-state index in [1.165, 1.54) is 0 Å². The Kier molecular flexibility index (Phi) is 5.68. The van der Waals surface area contributed by atoms with E-state index in [1.807, 2.05) is 11.8 Å². The molecule has 1 aliphatic rings. The molecule has 0 radical (unpaired) electrons. The Hall–Kier alpha value is -1.14. The second-order valence-corrected chi connectivity index (χ2v) is 8.73. The van der Waals surface area contributed by atoms with E-state index in [4.69, 9.17) is 0 Å². The van der Waals surface area contributed by atoms with E-state index in [0.29, 0.717) is 13.1 Å². The summed E-state index contributed by atoms with van der Waals surface area (Å²) < 4.78 is 0. The van der Waals surface area contributed by atoms with Gasteiger partial charge in [0, 0.05) is 42.3 Å². The van der Waals surface area contributed by atoms with Crippen molar-refractivity contribution in [3.05, 3.63) is 16.1 Å². The first kappa shape index (κ1) is 18.2. The van der Waals surface area contributed by atoms with Gasteiger partial charge in [-0.3, -0.25) is 0 Å². The van der Waals surface area contributed by atoms with Crippen LogP contribution in [-0.2, 0) is 11.8 Å². The van der Waals surface area contributed by atoms with Gasteiger partial charge in [0.25, 0.3) is 0 Å². The van der Waals surface area contributed by atoms with E-state index < -0.39 is 0 Å². The number of urea groups is 1. The number of hydrogen-bond donors (Lipinski definition) is 2. The van der Waals surface area contributed by atoms with Crippen LogP contribution in [-0.4, -0.2) is 47.3 Å². The van der Waals surface area contributed by atoms with Gasteiger partial charge in [-0.05, 0) is 12.8 Å². The molecule has 1 unspecified atom stereocenters. The Morgan fingerprint density at radius 2 is 2.26 bits per heavy atom. The number of amides is 2. The van der Waals surface area contributed by atoms with Gasteiger partial charge in [-0.25, -0.2) is 9.78 Å². The van der Waals surface area contributed by atoms with Crippen LogP contribution in [0.1, 0.15) is 51.2 Å². The summed E-state index contributed by atoms with van der Waals surface area (Å²) in [6.45, 7) is 10.6. The van der Waals surface area contributed by atoms with Crippen LogP contribution in [0.2, 0.25) is 0 Å². The molecular formula is C17H29N3O2S. The number of aromatic nitrogens is 1. The second kappa shape index (κ2) is 7.18. The highest BCUT2D eigenvalue weighted by atomic mass is 32.1. The lowest BCUT2D eigenvalue weighted by Gasteiger charge is -2.39. The summed E-state index contributed by atoms with van der Waals surface area (Å²) in [5, 5.41) is 15.7. The van der Waals surface area contributed by atoms with Crippen molar-refractivity contribution in [2.24, 2.45) is 5.41 Å². The number of carbonyl (C=O) groups excluding carboxylic acids is 1. The Balaban J connectivity index is 1.80. The molecule has 1 aliphatic heterocycles. The molecule has 2 N–H and O–H groups in total. The summed E-state index contributed by atoms with van der Waals surface area (Å²) >= 11 is 1.68. The van der Waals surface area contributed by atoms with Crippen LogP contribution in [0.4, 0.5) is 4.79 Å². The highest BCUT2D eigenvalue weighted by molar-refractivity contribution is 7.09. The summed E-state index contributed by atoms with van der Waals surface area (Å²) in [7, 11) is 0. The average Bonchev–Trinajstić information content (AvgIpc) is 2.96. The molecule has 0 aliphatic carbocycles. The van der Waals surface area contributed by atoms with Crippen molar-refractivity contribution >= 4 is 17.4 Å². The average molecular weight is 340 g/mol. The molecule has 2 heterocycles. The summed E-state index contributed by atoms with van der Waals surface area (Å²) in [5.41, 5.74) is 0.958. The number of likely N-dealkylation sites (tertiary alicyclic amines) is 1. The number of rotatable bonds is 4. The van der Waals surface area contributed by atoms with Crippen LogP contribution >= 0.6 is 11.3 Å². The van der Waals surface area contributed by atoms with Gasteiger partial charge in [0.15, 0.2) is 0 Å². The van der Waals surface area contributed by atoms with Crippen molar-refractivity contribution in [2.45, 2.75) is 52.4 Å². The number of hydrogen-bond acceptors (Lipinski definition) is 4. The lowest BCUT2D eigenvalue weighted by atomic mass is 9.83. The van der Waals surface area contributed by atoms with Crippen LogP contribution < -0.4 is 5.32 Å². The number of aliphatic hydroxyl groups excluding tert-OH is 1. The lowest BCUT2D eigenvalue weighted by molar-refractivity contribution is 0.0616. The molecule has 2 amide bonds. The fourth-order valence-electron chi connectivity index (χ4n) is 2.79. The first-order valence-corrected chi connectivity index (χ1v) is 9.20. The van der Waals surface area contributed by atoms with Crippen molar-refractivity contribution in [3.8, 4) is 0 Å². The molecule has 0 saturated carbocycles. The highest BCUT2D eigenvalue weighted by Gasteiger charge is 2.32. The van der Waals surface area contributed by atoms with E-state index >= 15 is 0 Å². The molecule has 0 bridgehead atoms. The van der Waals surface area contributed by atoms with Gasteiger partial charge in [-0.1, -0.05) is 27.7 Å². The monoisotopic (exact) mass is 339 g/mol. The molecule has 1 aromatic rings. The zero-order chi connectivity index (χ0) is 17.1. The molecule has 0 aromatic carbocycles. The van der Waals surface area contributed by atoms with E-state index in [1.54, 1.807) is 11.3 Å². The van der Waals surface area contributed by atoms with E-state index in [2.05, 4.69) is 36.5 Å². The smallest absolute Gasteiger partial charge is 0.317 e. The Labute approximate surface area is 143 Å². The van der Waals surface area contributed by atoms with Gasteiger partial charge in [0.1, 0.15) is 0 Å². The topological polar surface area (TPSA) is 65.5 Å². The minimum Gasteiger partial charge on any atom is -0.396 e. The normalized spacial score (nSPS) is 22.2. The Bertz CT molecular complexity index is 538. The van der Waals surface area contributed by atoms with Gasteiger partial charge in [0.2, 0.25) is 0 Å². The Morgan fingerprint density at radius 3 is 2.87 bits per heavy atom. The van der Waals surface area contributed by atoms with E-state index in [0.717, 1.165) is 36.5 Å². The number of carbonyl (C=O) groups is 1. The van der Waals surface area contributed by atoms with Gasteiger partial charge < -0.3 is 15.3 Å². The summed E-state index contributed by atoms with van der Waals surface area (Å²) in [6, 6.07) is -0.0318. The maximum atomic E-state index is 12.3. The third kappa shape index (κ3) is 4.91. The van der Waals surface area contributed by atoms with Crippen LogP contribution in [0.5, 0.6) is 0 Å². The third-order valence-corrected chi connectivity index (χ3v) is 5.62. The number of piperidine rings is 1. The molecule has 1 atom stereocenters. The van der Waals surface area contributed by atoms with Crippen molar-refractivity contribution in [1.82, 2.24) is 15.2 Å². The van der Waals surface area contributed by atoms with Crippen molar-refractivity contribution in [1.29, 1.82) is 0 Å². The molecule has 2 rings (SSSR count). The van der Waals surface area contributed by atoms with E-state index in [9.17, 15) is 9.90 Å². The van der Waals surface area contributed by atoms with Gasteiger partial charge in [-0.15, -0.1) is 11.3 Å². The van der Waals surface area contributed by atoms with Gasteiger partial charge >= 0.3 is 6.03 Å². The first-order valence-electron chi connectivity index (χ1n) is 8.32. The quantitative estimate of drug-likeness (QED) is 0.886. The molecule has 23 heavy (non-hydrogen) atoms. The predicted octanol–water partition coefficient (Wildman–Crippen LogP) is 2.79. The highest BCUT2D eigenvalue weighted by Crippen LogP contribution is 2.28. The minimum absolute atomic E-state index is 0.0318. The Morgan fingerprint density at radius 1 is 1.52 bits per heavy atom. The SMILES string of the molecule is CC1(CO)CCCN(C(=O)NCCc2csc(C(C)(C)C)n2)C1. The van der Waals surface area contributed by atoms with Gasteiger partial charge in [-0.2, -0.15) is 0 Å². The molecule has 0 spiro atoms. The summed E-state index contributed by atoms with van der Waals surface area (Å²) in [5.74, 6) is 0. The van der Waals surface area contributed by atoms with Crippen LogP contribution in [0.15, 0.2) is 5.38 Å². The maximum Gasteiger partial charge on any atom is 0.317 e. The van der Waals surface area contributed by atoms with Crippen molar-refractivity contribution in [3.63, 3.8) is 0 Å². The van der Waals surface area contributed by atoms with Gasteiger partial charge in [0.05, 0.1) is 17.3 Å². The van der Waals surface area contributed by atoms with Crippen molar-refractivity contribution < 1.29 is 9.90 Å². The third-order valence-electron chi connectivity index (χ3n) is 4.30. The predicted molar refractivity (Wildman–Crippen MR) is 93.9 cm³/mol. The summed E-state index contributed by atoms with van der Waals surface area (Å²) in [6.07, 6.45) is 2.68. The molecule has 1 saturated heterocycles. The fourth-order valence-corrected chi connectivity index (χ4v) is 3.74. The molecule has 6 heteroatoms. The molecule has 1 fully saturated rings. The fraction of sp³-hybridized carbons (Fsp3) is 0.765. The number of thiazole rings is 1. The maximum absolute atomic E-state index is 12.3. The largest absolute Gasteiger partial charge is 0.396 e. The number of nitrogens with zero attached hydrogens (tertiary/aromatic N) is 2. The second-order valence-electron chi connectivity index (χ2n) is 7.87. The molecule has 1 aromatic heterocycles. The van der Waals surface area contributed by atoms with Crippen LogP contribution in [0.3, 0.4) is 0 Å². The van der Waals surface area contributed by atoms with E-state index in [-0.39, 0.29) is 23.5 Å².